The molecule has 0 bridgehead atoms. The fourth-order valence-corrected chi connectivity index (χ4v) is 3.23. The zero-order valence-corrected chi connectivity index (χ0v) is 12.0. The first-order chi connectivity index (χ1) is 8.78. The van der Waals surface area contributed by atoms with Crippen LogP contribution in [0.5, 0.6) is 0 Å². The van der Waals surface area contributed by atoms with Crippen LogP contribution in [0.25, 0.3) is 0 Å². The van der Waals surface area contributed by atoms with E-state index in [1.165, 1.54) is 6.08 Å². The molecule has 6 nitrogen and oxygen atoms in total. The molecule has 7 heteroatoms. The van der Waals surface area contributed by atoms with Crippen LogP contribution in [-0.4, -0.2) is 35.9 Å². The Morgan fingerprint density at radius 1 is 1.47 bits per heavy atom. The van der Waals surface area contributed by atoms with E-state index in [1.54, 1.807) is 4.68 Å². The number of carbonyl (C=O) groups is 1. The van der Waals surface area contributed by atoms with Crippen molar-refractivity contribution < 1.29 is 13.2 Å². The van der Waals surface area contributed by atoms with Gasteiger partial charge in [-0.25, -0.2) is 8.42 Å². The lowest BCUT2D eigenvalue weighted by Crippen LogP contribution is -2.37. The van der Waals surface area contributed by atoms with Crippen molar-refractivity contribution in [1.82, 2.24) is 15.1 Å². The Hall–Kier alpha value is -1.63. The summed E-state index contributed by atoms with van der Waals surface area (Å²) in [6.45, 7) is 5.86. The predicted octanol–water partition coefficient (Wildman–Crippen LogP) is 0.235. The fourth-order valence-electron chi connectivity index (χ4n) is 1.99. The van der Waals surface area contributed by atoms with Crippen LogP contribution >= 0.6 is 0 Å². The third-order valence-corrected chi connectivity index (χ3v) is 4.71. The molecule has 1 amide bonds. The van der Waals surface area contributed by atoms with Crippen LogP contribution in [0.15, 0.2) is 11.5 Å². The summed E-state index contributed by atoms with van der Waals surface area (Å²) in [5.41, 5.74) is 2.91. The minimum atomic E-state index is -3.14. The summed E-state index contributed by atoms with van der Waals surface area (Å²) in [5, 5.41) is 8.09. The Kier molecular flexibility index (Phi) is 3.49. The number of sulfone groups is 1. The molecule has 0 spiro atoms. The van der Waals surface area contributed by atoms with E-state index in [1.807, 2.05) is 20.8 Å². The number of rotatable bonds is 3. The molecule has 19 heavy (non-hydrogen) atoms. The zero-order valence-electron chi connectivity index (χ0n) is 11.2. The Labute approximate surface area is 112 Å². The van der Waals surface area contributed by atoms with Crippen molar-refractivity contribution in [2.24, 2.45) is 0 Å². The van der Waals surface area contributed by atoms with E-state index >= 15 is 0 Å². The van der Waals surface area contributed by atoms with Gasteiger partial charge in [-0.1, -0.05) is 0 Å². The van der Waals surface area contributed by atoms with E-state index < -0.39 is 15.9 Å². The summed E-state index contributed by atoms with van der Waals surface area (Å²) >= 11 is 0. The molecule has 0 aromatic carbocycles. The Morgan fingerprint density at radius 2 is 2.16 bits per heavy atom. The zero-order chi connectivity index (χ0) is 14.2. The minimum absolute atomic E-state index is 0.0606. The molecular formula is C12H17N3O3S. The molecule has 0 saturated carbocycles. The highest BCUT2D eigenvalue weighted by atomic mass is 32.2. The van der Waals surface area contributed by atoms with Crippen LogP contribution in [0.4, 0.5) is 0 Å². The van der Waals surface area contributed by atoms with Gasteiger partial charge in [0.05, 0.1) is 17.5 Å². The van der Waals surface area contributed by atoms with E-state index in [0.29, 0.717) is 0 Å². The summed E-state index contributed by atoms with van der Waals surface area (Å²) in [6, 6.07) is -0.435. The standard InChI is InChI=1S/C12H17N3O3S/c1-8-9(2)14-15(10(8)3)6-12(16)13-11-4-5-19(17,18)7-11/h4-5,11H,6-7H2,1-3H3,(H,13,16)/t11-/m1/s1. The lowest BCUT2D eigenvalue weighted by Gasteiger charge is -2.10. The molecule has 0 radical (unpaired) electrons. The van der Waals surface area contributed by atoms with Gasteiger partial charge in [-0.3, -0.25) is 9.48 Å². The average molecular weight is 283 g/mol. The Balaban J connectivity index is 1.99. The second kappa shape index (κ2) is 4.80. The van der Waals surface area contributed by atoms with Crippen LogP contribution in [0.3, 0.4) is 0 Å². The molecular weight excluding hydrogens is 266 g/mol. The van der Waals surface area contributed by atoms with E-state index in [9.17, 15) is 13.2 Å². The van der Waals surface area contributed by atoms with Crippen molar-refractivity contribution in [1.29, 1.82) is 0 Å². The lowest BCUT2D eigenvalue weighted by atomic mass is 10.2. The first-order valence-corrected chi connectivity index (χ1v) is 7.71. The van der Waals surface area contributed by atoms with Crippen molar-refractivity contribution in [2.75, 3.05) is 5.75 Å². The molecule has 0 saturated heterocycles. The fraction of sp³-hybridized carbons (Fsp3) is 0.500. The number of carbonyl (C=O) groups excluding carboxylic acids is 1. The lowest BCUT2D eigenvalue weighted by molar-refractivity contribution is -0.122. The monoisotopic (exact) mass is 283 g/mol. The maximum atomic E-state index is 11.9. The molecule has 0 aliphatic carbocycles. The van der Waals surface area contributed by atoms with Gasteiger partial charge in [0.2, 0.25) is 5.91 Å². The number of hydrogen-bond donors (Lipinski definition) is 1. The van der Waals surface area contributed by atoms with E-state index in [-0.39, 0.29) is 18.2 Å². The van der Waals surface area contributed by atoms with Gasteiger partial charge in [0, 0.05) is 11.1 Å². The normalized spacial score (nSPS) is 20.7. The topological polar surface area (TPSA) is 81.1 Å². The quantitative estimate of drug-likeness (QED) is 0.861. The summed E-state index contributed by atoms with van der Waals surface area (Å²) in [6.07, 6.45) is 1.50. The third kappa shape index (κ3) is 3.04. The number of hydrogen-bond acceptors (Lipinski definition) is 4. The Bertz CT molecular complexity index is 643. The molecule has 1 aromatic heterocycles. The molecule has 1 aliphatic rings. The number of aryl methyl sites for hydroxylation is 1. The SMILES string of the molecule is Cc1nn(CC(=O)N[C@@H]2C=CS(=O)(=O)C2)c(C)c1C. The van der Waals surface area contributed by atoms with Crippen molar-refractivity contribution in [3.05, 3.63) is 28.4 Å². The van der Waals surface area contributed by atoms with Crippen LogP contribution < -0.4 is 5.32 Å². The highest BCUT2D eigenvalue weighted by Gasteiger charge is 2.23. The number of aromatic nitrogens is 2. The van der Waals surface area contributed by atoms with Crippen LogP contribution in [-0.2, 0) is 21.2 Å². The molecule has 1 aromatic rings. The second-order valence-corrected chi connectivity index (χ2v) is 6.72. The molecule has 1 aliphatic heterocycles. The highest BCUT2D eigenvalue weighted by Crippen LogP contribution is 2.11. The molecule has 2 heterocycles. The van der Waals surface area contributed by atoms with Crippen LogP contribution in [0.2, 0.25) is 0 Å². The maximum absolute atomic E-state index is 11.9. The smallest absolute Gasteiger partial charge is 0.242 e. The van der Waals surface area contributed by atoms with Gasteiger partial charge >= 0.3 is 0 Å². The third-order valence-electron chi connectivity index (χ3n) is 3.31. The largest absolute Gasteiger partial charge is 0.347 e. The summed E-state index contributed by atoms with van der Waals surface area (Å²) < 4.78 is 24.1. The summed E-state index contributed by atoms with van der Waals surface area (Å²) in [7, 11) is -3.14. The molecule has 1 atom stereocenters. The second-order valence-electron chi connectivity index (χ2n) is 4.79. The van der Waals surface area contributed by atoms with Crippen molar-refractivity contribution in [2.45, 2.75) is 33.4 Å². The van der Waals surface area contributed by atoms with Gasteiger partial charge in [-0.15, -0.1) is 0 Å². The van der Waals surface area contributed by atoms with Crippen LogP contribution in [0.1, 0.15) is 17.0 Å². The first kappa shape index (κ1) is 13.8. The van der Waals surface area contributed by atoms with Crippen molar-refractivity contribution in [3.63, 3.8) is 0 Å². The highest BCUT2D eigenvalue weighted by molar-refractivity contribution is 7.94. The van der Waals surface area contributed by atoms with Crippen molar-refractivity contribution >= 4 is 15.7 Å². The minimum Gasteiger partial charge on any atom is -0.347 e. The van der Waals surface area contributed by atoms with Gasteiger partial charge < -0.3 is 5.32 Å². The molecule has 0 unspecified atom stereocenters. The Morgan fingerprint density at radius 3 is 2.63 bits per heavy atom. The van der Waals surface area contributed by atoms with Gasteiger partial charge in [-0.2, -0.15) is 5.10 Å². The summed E-state index contributed by atoms with van der Waals surface area (Å²) in [4.78, 5) is 11.9. The molecule has 1 N–H and O–H groups in total. The molecule has 2 rings (SSSR count). The maximum Gasteiger partial charge on any atom is 0.242 e. The number of amides is 1. The van der Waals surface area contributed by atoms with Gasteiger partial charge in [0.25, 0.3) is 0 Å². The van der Waals surface area contributed by atoms with E-state index in [4.69, 9.17) is 0 Å². The molecule has 0 fully saturated rings. The van der Waals surface area contributed by atoms with Gasteiger partial charge in [0.1, 0.15) is 6.54 Å². The summed E-state index contributed by atoms with van der Waals surface area (Å²) in [5.74, 6) is -0.299. The van der Waals surface area contributed by atoms with Gasteiger partial charge in [-0.05, 0) is 32.4 Å². The van der Waals surface area contributed by atoms with Crippen LogP contribution in [0, 0.1) is 20.8 Å². The van der Waals surface area contributed by atoms with Gasteiger partial charge in [0.15, 0.2) is 9.84 Å². The number of nitrogens with one attached hydrogen (secondary N) is 1. The average Bonchev–Trinajstić information content (AvgIpc) is 2.75. The molecule has 104 valence electrons. The number of nitrogens with zero attached hydrogens (tertiary/aromatic N) is 2. The first-order valence-electron chi connectivity index (χ1n) is 5.99. The van der Waals surface area contributed by atoms with E-state index in [2.05, 4.69) is 10.4 Å². The van der Waals surface area contributed by atoms with E-state index in [0.717, 1.165) is 22.4 Å². The predicted molar refractivity (Wildman–Crippen MR) is 71.3 cm³/mol. The van der Waals surface area contributed by atoms with Crippen molar-refractivity contribution in [3.8, 4) is 0 Å².